The summed E-state index contributed by atoms with van der Waals surface area (Å²) >= 11 is 7.25. The first kappa shape index (κ1) is 9.65. The number of hydrogen-bond acceptors (Lipinski definition) is 3. The molecule has 1 N–H and O–H groups in total. The third-order valence-electron chi connectivity index (χ3n) is 1.89. The molecule has 2 nitrogen and oxygen atoms in total. The molecule has 1 aromatic heterocycles. The van der Waals surface area contributed by atoms with E-state index in [1.807, 2.05) is 12.1 Å². The number of halogens is 1. The standard InChI is InChI=1S/C10H8ClNOS/c11-8-3-1-2-7(4-8)10(13)9-5-12-6-14-9/h1-6,10,13H/t10-/m1/s1. The molecule has 0 saturated heterocycles. The summed E-state index contributed by atoms with van der Waals surface area (Å²) in [6.45, 7) is 0. The second-order valence-corrected chi connectivity index (χ2v) is 4.22. The Balaban J connectivity index is 2.32. The maximum atomic E-state index is 9.92. The number of aliphatic hydroxyl groups excluding tert-OH is 1. The quantitative estimate of drug-likeness (QED) is 0.853. The Bertz CT molecular complexity index is 416. The van der Waals surface area contributed by atoms with Gasteiger partial charge in [0, 0.05) is 11.2 Å². The predicted molar refractivity (Wildman–Crippen MR) is 57.6 cm³/mol. The summed E-state index contributed by atoms with van der Waals surface area (Å²) in [6.07, 6.45) is 1.04. The van der Waals surface area contributed by atoms with E-state index in [2.05, 4.69) is 4.98 Å². The maximum absolute atomic E-state index is 9.92. The minimum atomic E-state index is -0.624. The van der Waals surface area contributed by atoms with Crippen LogP contribution in [0.4, 0.5) is 0 Å². The highest BCUT2D eigenvalue weighted by Gasteiger charge is 2.11. The van der Waals surface area contributed by atoms with Crippen molar-refractivity contribution in [2.75, 3.05) is 0 Å². The highest BCUT2D eigenvalue weighted by molar-refractivity contribution is 7.09. The Labute approximate surface area is 90.8 Å². The largest absolute Gasteiger partial charge is 0.383 e. The van der Waals surface area contributed by atoms with Crippen LogP contribution in [0.1, 0.15) is 16.5 Å². The van der Waals surface area contributed by atoms with Gasteiger partial charge in [0.2, 0.25) is 0 Å². The normalized spacial score (nSPS) is 12.7. The fraction of sp³-hybridized carbons (Fsp3) is 0.100. The summed E-state index contributed by atoms with van der Waals surface area (Å²) in [7, 11) is 0. The molecule has 0 fully saturated rings. The van der Waals surface area contributed by atoms with Gasteiger partial charge in [-0.25, -0.2) is 0 Å². The van der Waals surface area contributed by atoms with E-state index in [9.17, 15) is 5.11 Å². The smallest absolute Gasteiger partial charge is 0.115 e. The molecule has 72 valence electrons. The van der Waals surface area contributed by atoms with Crippen molar-refractivity contribution in [1.29, 1.82) is 0 Å². The van der Waals surface area contributed by atoms with Crippen molar-refractivity contribution in [2.24, 2.45) is 0 Å². The van der Waals surface area contributed by atoms with E-state index < -0.39 is 6.10 Å². The second kappa shape index (κ2) is 4.09. The van der Waals surface area contributed by atoms with Crippen molar-refractivity contribution in [1.82, 2.24) is 4.98 Å². The lowest BCUT2D eigenvalue weighted by atomic mass is 10.1. The average Bonchev–Trinajstić information content (AvgIpc) is 2.69. The van der Waals surface area contributed by atoms with Crippen molar-refractivity contribution in [2.45, 2.75) is 6.10 Å². The minimum Gasteiger partial charge on any atom is -0.383 e. The number of hydrogen-bond donors (Lipinski definition) is 1. The summed E-state index contributed by atoms with van der Waals surface area (Å²) in [5, 5.41) is 10.5. The van der Waals surface area contributed by atoms with Crippen LogP contribution in [-0.2, 0) is 0 Å². The van der Waals surface area contributed by atoms with E-state index in [4.69, 9.17) is 11.6 Å². The highest BCUT2D eigenvalue weighted by atomic mass is 35.5. The zero-order valence-electron chi connectivity index (χ0n) is 7.22. The number of aromatic nitrogens is 1. The van der Waals surface area contributed by atoms with Gasteiger partial charge in [0.15, 0.2) is 0 Å². The van der Waals surface area contributed by atoms with Crippen LogP contribution in [0, 0.1) is 0 Å². The average molecular weight is 226 g/mol. The van der Waals surface area contributed by atoms with E-state index >= 15 is 0 Å². The van der Waals surface area contributed by atoms with E-state index in [1.165, 1.54) is 11.3 Å². The fourth-order valence-corrected chi connectivity index (χ4v) is 2.03. The third-order valence-corrected chi connectivity index (χ3v) is 2.95. The van der Waals surface area contributed by atoms with Crippen LogP contribution < -0.4 is 0 Å². The van der Waals surface area contributed by atoms with Gasteiger partial charge in [-0.15, -0.1) is 11.3 Å². The first-order valence-corrected chi connectivity index (χ1v) is 5.35. The number of aliphatic hydroxyl groups is 1. The summed E-state index contributed by atoms with van der Waals surface area (Å²) in [6, 6.07) is 7.20. The molecule has 0 amide bonds. The van der Waals surface area contributed by atoms with Crippen molar-refractivity contribution >= 4 is 22.9 Å². The lowest BCUT2D eigenvalue weighted by Crippen LogP contribution is -1.96. The van der Waals surface area contributed by atoms with E-state index in [1.54, 1.807) is 23.8 Å². The van der Waals surface area contributed by atoms with Crippen LogP contribution in [0.2, 0.25) is 5.02 Å². The van der Waals surface area contributed by atoms with E-state index in [-0.39, 0.29) is 0 Å². The van der Waals surface area contributed by atoms with Gasteiger partial charge < -0.3 is 5.11 Å². The Kier molecular flexibility index (Phi) is 2.82. The van der Waals surface area contributed by atoms with Gasteiger partial charge in [0.1, 0.15) is 6.10 Å². The van der Waals surface area contributed by atoms with Gasteiger partial charge >= 0.3 is 0 Å². The first-order valence-electron chi connectivity index (χ1n) is 4.09. The molecule has 0 aliphatic rings. The van der Waals surface area contributed by atoms with Crippen molar-refractivity contribution < 1.29 is 5.11 Å². The minimum absolute atomic E-state index is 0.624. The van der Waals surface area contributed by atoms with Gasteiger partial charge in [0.05, 0.1) is 10.4 Å². The molecule has 0 saturated carbocycles. The molecule has 0 radical (unpaired) electrons. The van der Waals surface area contributed by atoms with Crippen molar-refractivity contribution in [3.8, 4) is 0 Å². The molecule has 1 heterocycles. The zero-order valence-corrected chi connectivity index (χ0v) is 8.79. The van der Waals surface area contributed by atoms with Crippen molar-refractivity contribution in [3.63, 3.8) is 0 Å². The fourth-order valence-electron chi connectivity index (χ4n) is 1.20. The lowest BCUT2D eigenvalue weighted by Gasteiger charge is -2.07. The van der Waals surface area contributed by atoms with E-state index in [0.29, 0.717) is 5.02 Å². The van der Waals surface area contributed by atoms with Crippen LogP contribution >= 0.6 is 22.9 Å². The molecule has 14 heavy (non-hydrogen) atoms. The second-order valence-electron chi connectivity index (χ2n) is 2.86. The molecule has 1 aromatic carbocycles. The summed E-state index contributed by atoms with van der Waals surface area (Å²) in [4.78, 5) is 4.74. The van der Waals surface area contributed by atoms with Crippen LogP contribution in [0.5, 0.6) is 0 Å². The molecular weight excluding hydrogens is 218 g/mol. The Morgan fingerprint density at radius 3 is 2.93 bits per heavy atom. The van der Waals surface area contributed by atoms with Gasteiger partial charge in [-0.1, -0.05) is 23.7 Å². The molecule has 0 bridgehead atoms. The van der Waals surface area contributed by atoms with Crippen LogP contribution in [-0.4, -0.2) is 10.1 Å². The SMILES string of the molecule is O[C@H](c1cccc(Cl)c1)c1cncs1. The monoisotopic (exact) mass is 225 g/mol. The number of rotatable bonds is 2. The topological polar surface area (TPSA) is 33.1 Å². The molecule has 0 aliphatic heterocycles. The molecule has 4 heteroatoms. The molecule has 2 rings (SSSR count). The van der Waals surface area contributed by atoms with Crippen molar-refractivity contribution in [3.05, 3.63) is 51.4 Å². The highest BCUT2D eigenvalue weighted by Crippen LogP contribution is 2.26. The van der Waals surface area contributed by atoms with Gasteiger partial charge in [0.25, 0.3) is 0 Å². The Morgan fingerprint density at radius 1 is 1.43 bits per heavy atom. The predicted octanol–water partition coefficient (Wildman–Crippen LogP) is 2.88. The number of nitrogens with zero attached hydrogens (tertiary/aromatic N) is 1. The van der Waals surface area contributed by atoms with Crippen LogP contribution in [0.3, 0.4) is 0 Å². The number of benzene rings is 1. The molecule has 0 aliphatic carbocycles. The van der Waals surface area contributed by atoms with E-state index in [0.717, 1.165) is 10.4 Å². The Hall–Kier alpha value is -0.900. The number of thiazole rings is 1. The molecule has 1 atom stereocenters. The summed E-state index contributed by atoms with van der Waals surface area (Å²) < 4.78 is 0. The van der Waals surface area contributed by atoms with Gasteiger partial charge in [-0.2, -0.15) is 0 Å². The molecule has 0 spiro atoms. The first-order chi connectivity index (χ1) is 6.77. The van der Waals surface area contributed by atoms with Crippen LogP contribution in [0.25, 0.3) is 0 Å². The van der Waals surface area contributed by atoms with Gasteiger partial charge in [-0.3, -0.25) is 4.98 Å². The summed E-state index contributed by atoms with van der Waals surface area (Å²) in [5.74, 6) is 0. The zero-order chi connectivity index (χ0) is 9.97. The molecule has 0 unspecified atom stereocenters. The van der Waals surface area contributed by atoms with Crippen LogP contribution in [0.15, 0.2) is 36.0 Å². The van der Waals surface area contributed by atoms with Gasteiger partial charge in [-0.05, 0) is 17.7 Å². The maximum Gasteiger partial charge on any atom is 0.115 e. The molecule has 2 aromatic rings. The lowest BCUT2D eigenvalue weighted by molar-refractivity contribution is 0.224. The molecular formula is C10H8ClNOS. The third kappa shape index (κ3) is 1.95. The Morgan fingerprint density at radius 2 is 2.29 bits per heavy atom. The summed E-state index contributed by atoms with van der Waals surface area (Å²) in [5.41, 5.74) is 2.49.